The molecule has 3 fully saturated rings. The molecule has 1 aromatic carbocycles. The van der Waals surface area contributed by atoms with Crippen LogP contribution >= 0.6 is 0 Å². The van der Waals surface area contributed by atoms with Crippen molar-refractivity contribution in [2.24, 2.45) is 11.8 Å². The number of likely N-dealkylation sites (tertiary alicyclic amines) is 2. The minimum absolute atomic E-state index is 0.321. The number of carbonyl (C=O) groups excluding carboxylic acids is 1. The number of hydrogen-bond acceptors (Lipinski definition) is 4. The van der Waals surface area contributed by atoms with Gasteiger partial charge in [-0.05, 0) is 94.8 Å². The second-order valence-electron chi connectivity index (χ2n) is 11.9. The Kier molecular flexibility index (Phi) is 8.76. The van der Waals surface area contributed by atoms with Crippen molar-refractivity contribution in [1.82, 2.24) is 19.7 Å². The highest BCUT2D eigenvalue weighted by Crippen LogP contribution is 2.38. The predicted molar refractivity (Wildman–Crippen MR) is 151 cm³/mol. The van der Waals surface area contributed by atoms with Gasteiger partial charge in [0.2, 0.25) is 0 Å². The molecule has 0 bridgehead atoms. The fourth-order valence-electron chi connectivity index (χ4n) is 7.32. The van der Waals surface area contributed by atoms with Crippen molar-refractivity contribution in [3.63, 3.8) is 0 Å². The zero-order valence-corrected chi connectivity index (χ0v) is 23.4. The summed E-state index contributed by atoms with van der Waals surface area (Å²) < 4.78 is 7.82. The first-order valence-corrected chi connectivity index (χ1v) is 15.0. The summed E-state index contributed by atoms with van der Waals surface area (Å²) in [6, 6.07) is 10.2. The molecule has 0 radical (unpaired) electrons. The molecule has 37 heavy (non-hydrogen) atoms. The molecule has 1 N–H and O–H groups in total. The maximum Gasteiger partial charge on any atom is 0.407 e. The molecule has 3 aliphatic rings. The SMILES string of the molecule is CCOC(=O)NCc1c(CN2CCCC2)c2ccccc2n1C1CCN([C@H]2CC[C@@H](C(C)C)CC2)CC1. The van der Waals surface area contributed by atoms with Crippen LogP contribution in [-0.4, -0.2) is 59.3 Å². The van der Waals surface area contributed by atoms with Gasteiger partial charge < -0.3 is 19.5 Å². The van der Waals surface area contributed by atoms with Gasteiger partial charge in [-0.25, -0.2) is 4.79 Å². The van der Waals surface area contributed by atoms with Gasteiger partial charge >= 0.3 is 6.09 Å². The summed E-state index contributed by atoms with van der Waals surface area (Å²) in [5.74, 6) is 1.74. The van der Waals surface area contributed by atoms with Crippen molar-refractivity contribution in [1.29, 1.82) is 0 Å². The minimum atomic E-state index is -0.321. The van der Waals surface area contributed by atoms with Gasteiger partial charge in [-0.15, -0.1) is 0 Å². The Morgan fingerprint density at radius 3 is 2.35 bits per heavy atom. The zero-order chi connectivity index (χ0) is 25.8. The van der Waals surface area contributed by atoms with E-state index in [2.05, 4.69) is 57.8 Å². The molecule has 1 saturated carbocycles. The first-order chi connectivity index (χ1) is 18.0. The molecule has 2 aromatic rings. The molecule has 1 aliphatic carbocycles. The van der Waals surface area contributed by atoms with Crippen molar-refractivity contribution in [2.75, 3.05) is 32.8 Å². The van der Waals surface area contributed by atoms with Crippen molar-refractivity contribution in [3.05, 3.63) is 35.5 Å². The van der Waals surface area contributed by atoms with Crippen LogP contribution in [-0.2, 0) is 17.8 Å². The molecule has 204 valence electrons. The number of fused-ring (bicyclic) bond motifs is 1. The molecular formula is C31H48N4O2. The summed E-state index contributed by atoms with van der Waals surface area (Å²) in [6.07, 6.45) is 10.1. The summed E-state index contributed by atoms with van der Waals surface area (Å²) >= 11 is 0. The Bertz CT molecular complexity index is 1030. The lowest BCUT2D eigenvalue weighted by Crippen LogP contribution is -2.44. The van der Waals surface area contributed by atoms with Gasteiger partial charge in [-0.3, -0.25) is 4.90 Å². The van der Waals surface area contributed by atoms with Crippen LogP contribution in [0.25, 0.3) is 10.9 Å². The van der Waals surface area contributed by atoms with Crippen molar-refractivity contribution < 1.29 is 9.53 Å². The number of para-hydroxylation sites is 1. The second-order valence-corrected chi connectivity index (χ2v) is 11.9. The van der Waals surface area contributed by atoms with E-state index >= 15 is 0 Å². The number of carbonyl (C=O) groups is 1. The van der Waals surface area contributed by atoms with Gasteiger partial charge in [0.25, 0.3) is 0 Å². The summed E-state index contributed by atoms with van der Waals surface area (Å²) in [5.41, 5.74) is 3.99. The molecule has 2 aliphatic heterocycles. The number of nitrogens with zero attached hydrogens (tertiary/aromatic N) is 3. The Morgan fingerprint density at radius 2 is 1.68 bits per heavy atom. The second kappa shape index (κ2) is 12.2. The lowest BCUT2D eigenvalue weighted by atomic mass is 9.79. The molecule has 6 heteroatoms. The Morgan fingerprint density at radius 1 is 0.973 bits per heavy atom. The summed E-state index contributed by atoms with van der Waals surface area (Å²) in [7, 11) is 0. The maximum absolute atomic E-state index is 12.3. The van der Waals surface area contributed by atoms with Crippen LogP contribution in [0.3, 0.4) is 0 Å². The highest BCUT2D eigenvalue weighted by molar-refractivity contribution is 5.86. The van der Waals surface area contributed by atoms with Gasteiger partial charge in [0.15, 0.2) is 0 Å². The smallest absolute Gasteiger partial charge is 0.407 e. The van der Waals surface area contributed by atoms with Gasteiger partial charge in [-0.2, -0.15) is 0 Å². The van der Waals surface area contributed by atoms with Crippen molar-refractivity contribution in [3.8, 4) is 0 Å². The van der Waals surface area contributed by atoms with E-state index in [1.165, 1.54) is 99.7 Å². The highest BCUT2D eigenvalue weighted by atomic mass is 16.5. The molecular weight excluding hydrogens is 460 g/mol. The van der Waals surface area contributed by atoms with E-state index in [4.69, 9.17) is 4.74 Å². The monoisotopic (exact) mass is 508 g/mol. The van der Waals surface area contributed by atoms with Crippen LogP contribution < -0.4 is 5.32 Å². The third-order valence-electron chi connectivity index (χ3n) is 9.45. The van der Waals surface area contributed by atoms with Crippen LogP contribution in [0.1, 0.15) is 89.4 Å². The van der Waals surface area contributed by atoms with E-state index in [-0.39, 0.29) is 6.09 Å². The Hall–Kier alpha value is -2.05. The molecule has 1 amide bonds. The van der Waals surface area contributed by atoms with Crippen LogP contribution in [0.15, 0.2) is 24.3 Å². The first-order valence-electron chi connectivity index (χ1n) is 15.0. The topological polar surface area (TPSA) is 49.7 Å². The third-order valence-corrected chi connectivity index (χ3v) is 9.45. The lowest BCUT2D eigenvalue weighted by Gasteiger charge is -2.42. The van der Waals surface area contributed by atoms with Gasteiger partial charge in [0.05, 0.1) is 13.2 Å². The number of alkyl carbamates (subject to hydrolysis) is 1. The first kappa shape index (κ1) is 26.6. The van der Waals surface area contributed by atoms with Crippen LogP contribution in [0, 0.1) is 11.8 Å². The summed E-state index contributed by atoms with van der Waals surface area (Å²) in [4.78, 5) is 17.7. The van der Waals surface area contributed by atoms with Crippen LogP contribution in [0.4, 0.5) is 4.79 Å². The summed E-state index contributed by atoms with van der Waals surface area (Å²) in [6.45, 7) is 13.2. The normalized spacial score (nSPS) is 24.2. The van der Waals surface area contributed by atoms with Gasteiger partial charge in [0.1, 0.15) is 0 Å². The van der Waals surface area contributed by atoms with Gasteiger partial charge in [-0.1, -0.05) is 32.0 Å². The maximum atomic E-state index is 12.3. The average molecular weight is 509 g/mol. The number of benzene rings is 1. The van der Waals surface area contributed by atoms with Gasteiger partial charge in [0, 0.05) is 48.3 Å². The zero-order valence-electron chi connectivity index (χ0n) is 23.4. The van der Waals surface area contributed by atoms with Crippen molar-refractivity contribution in [2.45, 2.75) is 97.3 Å². The molecule has 1 aromatic heterocycles. The Labute approximate surface area is 223 Å². The third kappa shape index (κ3) is 6.01. The number of piperidine rings is 1. The fraction of sp³-hybridized carbons (Fsp3) is 0.710. The number of ether oxygens (including phenoxy) is 1. The molecule has 0 unspecified atom stereocenters. The number of rotatable bonds is 8. The minimum Gasteiger partial charge on any atom is -0.450 e. The number of hydrogen-bond donors (Lipinski definition) is 1. The Balaban J connectivity index is 1.36. The van der Waals surface area contributed by atoms with E-state index in [0.29, 0.717) is 19.2 Å². The average Bonchev–Trinajstić information content (AvgIpc) is 3.54. The fourth-order valence-corrected chi connectivity index (χ4v) is 7.32. The van der Waals surface area contributed by atoms with E-state index in [1.54, 1.807) is 0 Å². The molecule has 6 nitrogen and oxygen atoms in total. The van der Waals surface area contributed by atoms with E-state index in [9.17, 15) is 4.79 Å². The predicted octanol–water partition coefficient (Wildman–Crippen LogP) is 6.33. The standard InChI is InChI=1S/C31H48N4O2/c1-4-37-31(36)32-21-30-28(22-33-17-7-8-18-33)27-9-5-6-10-29(27)35(30)26-15-19-34(20-16-26)25-13-11-24(12-14-25)23(2)3/h5-6,9-10,23-26H,4,7-8,11-22H2,1-3H3,(H,32,36)/t24-,25+. The number of aromatic nitrogens is 1. The lowest BCUT2D eigenvalue weighted by molar-refractivity contribution is 0.0888. The molecule has 2 saturated heterocycles. The van der Waals surface area contributed by atoms with E-state index in [0.717, 1.165) is 24.4 Å². The largest absolute Gasteiger partial charge is 0.450 e. The number of amides is 1. The van der Waals surface area contributed by atoms with Crippen LogP contribution in [0.2, 0.25) is 0 Å². The molecule has 0 spiro atoms. The van der Waals surface area contributed by atoms with E-state index < -0.39 is 0 Å². The summed E-state index contributed by atoms with van der Waals surface area (Å²) in [5, 5.41) is 4.42. The van der Waals surface area contributed by atoms with Crippen LogP contribution in [0.5, 0.6) is 0 Å². The molecule has 3 heterocycles. The van der Waals surface area contributed by atoms with E-state index in [1.807, 2.05) is 6.92 Å². The quantitative estimate of drug-likeness (QED) is 0.452. The molecule has 5 rings (SSSR count). The van der Waals surface area contributed by atoms with Crippen molar-refractivity contribution >= 4 is 17.0 Å². The molecule has 0 atom stereocenters. The number of nitrogens with one attached hydrogen (secondary N) is 1. The highest BCUT2D eigenvalue weighted by Gasteiger charge is 2.32.